The predicted molar refractivity (Wildman–Crippen MR) is 111 cm³/mol. The van der Waals surface area contributed by atoms with Crippen molar-refractivity contribution in [3.8, 4) is 0 Å². The second-order valence-corrected chi connectivity index (χ2v) is 7.93. The molecule has 1 aliphatic heterocycles. The third-order valence-corrected chi connectivity index (χ3v) is 5.24. The molecule has 0 spiro atoms. The summed E-state index contributed by atoms with van der Waals surface area (Å²) >= 11 is 0. The summed E-state index contributed by atoms with van der Waals surface area (Å²) in [5.74, 6) is -5.58. The molecule has 7 nitrogen and oxygen atoms in total. The van der Waals surface area contributed by atoms with Crippen LogP contribution in [0.15, 0.2) is 12.1 Å². The lowest BCUT2D eigenvalue weighted by atomic mass is 10.1. The number of nitrogens with one attached hydrogen (secondary N) is 2. The predicted octanol–water partition coefficient (Wildman–Crippen LogP) is 1.98. The summed E-state index contributed by atoms with van der Waals surface area (Å²) < 4.78 is 45.7. The molecule has 2 amide bonds. The first-order valence-corrected chi connectivity index (χ1v) is 10.4. The quantitative estimate of drug-likeness (QED) is 0.427. The smallest absolute Gasteiger partial charge is 0.243 e. The number of piperidine rings is 1. The molecule has 1 atom stereocenters. The van der Waals surface area contributed by atoms with Gasteiger partial charge in [-0.05, 0) is 59.0 Å². The molecule has 10 heteroatoms. The Morgan fingerprint density at radius 2 is 1.87 bits per heavy atom. The van der Waals surface area contributed by atoms with Crippen LogP contribution in [-0.2, 0) is 14.3 Å². The summed E-state index contributed by atoms with van der Waals surface area (Å²) in [4.78, 5) is 28.4. The SMILES string of the molecule is C[C@H](C(=O)NCC(=O)Nc1ccc(F)c(F)c1F)N1CCC(OCCCN(C)C)CC1. The van der Waals surface area contributed by atoms with Crippen LogP contribution in [-0.4, -0.2) is 80.6 Å². The second kappa shape index (κ2) is 12.0. The highest BCUT2D eigenvalue weighted by Gasteiger charge is 2.27. The number of anilines is 1. The minimum atomic E-state index is -1.67. The average molecular weight is 444 g/mol. The van der Waals surface area contributed by atoms with Gasteiger partial charge >= 0.3 is 0 Å². The van der Waals surface area contributed by atoms with Gasteiger partial charge in [-0.2, -0.15) is 0 Å². The average Bonchev–Trinajstić information content (AvgIpc) is 2.75. The first-order chi connectivity index (χ1) is 14.7. The summed E-state index contributed by atoms with van der Waals surface area (Å²) in [6.07, 6.45) is 2.82. The molecule has 1 aromatic carbocycles. The van der Waals surface area contributed by atoms with Crippen LogP contribution in [0.3, 0.4) is 0 Å². The van der Waals surface area contributed by atoms with E-state index < -0.39 is 41.6 Å². The molecule has 0 saturated carbocycles. The van der Waals surface area contributed by atoms with Gasteiger partial charge in [-0.15, -0.1) is 0 Å². The maximum absolute atomic E-state index is 13.6. The van der Waals surface area contributed by atoms with Crippen LogP contribution >= 0.6 is 0 Å². The van der Waals surface area contributed by atoms with E-state index >= 15 is 0 Å². The number of halogens is 3. The van der Waals surface area contributed by atoms with Crippen LogP contribution in [0.25, 0.3) is 0 Å². The van der Waals surface area contributed by atoms with Gasteiger partial charge in [0.2, 0.25) is 11.8 Å². The number of rotatable bonds is 10. The number of amides is 2. The van der Waals surface area contributed by atoms with E-state index in [1.165, 1.54) is 0 Å². The van der Waals surface area contributed by atoms with Crippen LogP contribution in [0, 0.1) is 17.5 Å². The maximum atomic E-state index is 13.6. The van der Waals surface area contributed by atoms with Gasteiger partial charge < -0.3 is 20.3 Å². The maximum Gasteiger partial charge on any atom is 0.243 e. The minimum absolute atomic E-state index is 0.186. The number of hydrogen-bond acceptors (Lipinski definition) is 5. The normalized spacial score (nSPS) is 16.4. The molecule has 1 saturated heterocycles. The van der Waals surface area contributed by atoms with Crippen molar-refractivity contribution in [3.05, 3.63) is 29.6 Å². The fraction of sp³-hybridized carbons (Fsp3) is 0.619. The second-order valence-electron chi connectivity index (χ2n) is 7.93. The van der Waals surface area contributed by atoms with Crippen molar-refractivity contribution in [2.45, 2.75) is 38.3 Å². The van der Waals surface area contributed by atoms with Crippen molar-refractivity contribution >= 4 is 17.5 Å². The van der Waals surface area contributed by atoms with Gasteiger partial charge in [0.1, 0.15) is 0 Å². The summed E-state index contributed by atoms with van der Waals surface area (Å²) in [6.45, 7) is 4.45. The Hall–Kier alpha value is -2.17. The van der Waals surface area contributed by atoms with Crippen molar-refractivity contribution in [2.75, 3.05) is 52.2 Å². The summed E-state index contributed by atoms with van der Waals surface area (Å²) in [7, 11) is 4.05. The third-order valence-electron chi connectivity index (χ3n) is 5.24. The van der Waals surface area contributed by atoms with Crippen LogP contribution in [0.4, 0.5) is 18.9 Å². The van der Waals surface area contributed by atoms with Gasteiger partial charge in [-0.3, -0.25) is 14.5 Å². The highest BCUT2D eigenvalue weighted by molar-refractivity contribution is 5.95. The number of benzene rings is 1. The van der Waals surface area contributed by atoms with Crippen molar-refractivity contribution in [1.82, 2.24) is 15.1 Å². The fourth-order valence-corrected chi connectivity index (χ4v) is 3.36. The molecule has 1 aromatic rings. The third kappa shape index (κ3) is 7.79. The number of carbonyl (C=O) groups is 2. The van der Waals surface area contributed by atoms with Crippen LogP contribution in [0.2, 0.25) is 0 Å². The molecular weight excluding hydrogens is 413 g/mol. The summed E-state index contributed by atoms with van der Waals surface area (Å²) in [6, 6.07) is 1.19. The van der Waals surface area contributed by atoms with Gasteiger partial charge in [0.05, 0.1) is 24.4 Å². The number of hydrogen-bond donors (Lipinski definition) is 2. The Kier molecular flexibility index (Phi) is 9.73. The number of nitrogens with zero attached hydrogens (tertiary/aromatic N) is 2. The molecule has 0 bridgehead atoms. The largest absolute Gasteiger partial charge is 0.378 e. The lowest BCUT2D eigenvalue weighted by Gasteiger charge is -2.35. The molecule has 1 heterocycles. The zero-order chi connectivity index (χ0) is 23.0. The molecule has 0 radical (unpaired) electrons. The Labute approximate surface area is 180 Å². The first-order valence-electron chi connectivity index (χ1n) is 10.4. The van der Waals surface area contributed by atoms with Gasteiger partial charge in [0.25, 0.3) is 0 Å². The van der Waals surface area contributed by atoms with Crippen LogP contribution < -0.4 is 10.6 Å². The fourth-order valence-electron chi connectivity index (χ4n) is 3.36. The van der Waals surface area contributed by atoms with E-state index in [0.717, 1.165) is 31.9 Å². The molecule has 2 rings (SSSR count). The molecule has 0 unspecified atom stereocenters. The monoisotopic (exact) mass is 444 g/mol. The van der Waals surface area contributed by atoms with E-state index in [0.29, 0.717) is 25.8 Å². The Morgan fingerprint density at radius 1 is 1.19 bits per heavy atom. The lowest BCUT2D eigenvalue weighted by Crippen LogP contribution is -2.50. The highest BCUT2D eigenvalue weighted by Crippen LogP contribution is 2.19. The Morgan fingerprint density at radius 3 is 2.52 bits per heavy atom. The Balaban J connectivity index is 1.70. The van der Waals surface area contributed by atoms with E-state index in [-0.39, 0.29) is 12.0 Å². The van der Waals surface area contributed by atoms with E-state index in [1.54, 1.807) is 6.92 Å². The molecule has 0 aromatic heterocycles. The van der Waals surface area contributed by atoms with E-state index in [9.17, 15) is 22.8 Å². The molecule has 174 valence electrons. The molecular formula is C21H31F3N4O3. The molecule has 0 aliphatic carbocycles. The molecule has 1 aliphatic rings. The van der Waals surface area contributed by atoms with Crippen LogP contribution in [0.1, 0.15) is 26.2 Å². The van der Waals surface area contributed by atoms with E-state index in [1.807, 2.05) is 19.0 Å². The number of ether oxygens (including phenoxy) is 1. The standard InChI is InChI=1S/C21H31F3N4O3/c1-14(28-10-7-15(8-11-28)31-12-4-9-27(2)3)21(30)25-13-18(29)26-17-6-5-16(22)19(23)20(17)24/h5-6,14-15H,4,7-13H2,1-3H3,(H,25,30)(H,26,29)/t14-/m1/s1. The van der Waals surface area contributed by atoms with Crippen molar-refractivity contribution in [3.63, 3.8) is 0 Å². The van der Waals surface area contributed by atoms with Crippen LogP contribution in [0.5, 0.6) is 0 Å². The number of carbonyl (C=O) groups excluding carboxylic acids is 2. The van der Waals surface area contributed by atoms with Gasteiger partial charge in [-0.1, -0.05) is 0 Å². The van der Waals surface area contributed by atoms with Gasteiger partial charge in [0.15, 0.2) is 17.5 Å². The molecule has 1 fully saturated rings. The molecule has 2 N–H and O–H groups in total. The van der Waals surface area contributed by atoms with Crippen molar-refractivity contribution in [2.24, 2.45) is 0 Å². The van der Waals surface area contributed by atoms with E-state index in [2.05, 4.69) is 15.5 Å². The van der Waals surface area contributed by atoms with Crippen molar-refractivity contribution < 1.29 is 27.5 Å². The summed E-state index contributed by atoms with van der Waals surface area (Å²) in [5.41, 5.74) is -0.487. The van der Waals surface area contributed by atoms with Gasteiger partial charge in [0, 0.05) is 19.7 Å². The van der Waals surface area contributed by atoms with Gasteiger partial charge in [-0.25, -0.2) is 13.2 Å². The first kappa shape index (κ1) is 25.1. The lowest BCUT2D eigenvalue weighted by molar-refractivity contribution is -0.129. The van der Waals surface area contributed by atoms with E-state index in [4.69, 9.17) is 4.74 Å². The Bertz CT molecular complexity index is 756. The zero-order valence-electron chi connectivity index (χ0n) is 18.2. The van der Waals surface area contributed by atoms with Crippen molar-refractivity contribution in [1.29, 1.82) is 0 Å². The molecule has 31 heavy (non-hydrogen) atoms. The minimum Gasteiger partial charge on any atom is -0.378 e. The number of likely N-dealkylation sites (tertiary alicyclic amines) is 1. The topological polar surface area (TPSA) is 73.9 Å². The highest BCUT2D eigenvalue weighted by atomic mass is 19.2. The summed E-state index contributed by atoms with van der Waals surface area (Å²) in [5, 5.41) is 4.61. The zero-order valence-corrected chi connectivity index (χ0v) is 18.2.